The standard InChI is InChI=1S/C18H18O4S/c1-21-18(19)12-17(23(20)16-10-6-3-7-11-16)14-22-13-15-8-4-2-5-9-15/h2-12H,13-14H2,1H3/b17-12+. The largest absolute Gasteiger partial charge is 0.466 e. The van der Waals surface area contributed by atoms with Gasteiger partial charge < -0.3 is 9.47 Å². The molecule has 0 aliphatic heterocycles. The van der Waals surface area contributed by atoms with Crippen LogP contribution in [0.15, 0.2) is 76.5 Å². The Labute approximate surface area is 138 Å². The topological polar surface area (TPSA) is 52.6 Å². The molecule has 0 aliphatic rings. The van der Waals surface area contributed by atoms with Crippen LogP contribution in [0.1, 0.15) is 5.56 Å². The summed E-state index contributed by atoms with van der Waals surface area (Å²) in [6, 6.07) is 18.6. The Morgan fingerprint density at radius 1 is 1.04 bits per heavy atom. The molecule has 2 rings (SSSR count). The third-order valence-electron chi connectivity index (χ3n) is 3.03. The predicted octanol–water partition coefficient (Wildman–Crippen LogP) is 3.07. The molecule has 0 bridgehead atoms. The Morgan fingerprint density at radius 2 is 1.65 bits per heavy atom. The molecule has 2 aromatic carbocycles. The minimum absolute atomic E-state index is 0.0888. The molecule has 0 saturated carbocycles. The zero-order valence-electron chi connectivity index (χ0n) is 12.8. The van der Waals surface area contributed by atoms with Gasteiger partial charge in [0.15, 0.2) is 0 Å². The summed E-state index contributed by atoms with van der Waals surface area (Å²) in [6.45, 7) is 0.469. The van der Waals surface area contributed by atoms with Gasteiger partial charge in [0.1, 0.15) is 0 Å². The van der Waals surface area contributed by atoms with Gasteiger partial charge in [-0.1, -0.05) is 48.5 Å². The van der Waals surface area contributed by atoms with Crippen molar-refractivity contribution in [3.63, 3.8) is 0 Å². The van der Waals surface area contributed by atoms with E-state index in [0.717, 1.165) is 5.56 Å². The third kappa shape index (κ3) is 5.47. The molecule has 0 spiro atoms. The first-order chi connectivity index (χ1) is 11.2. The second kappa shape index (κ2) is 9.02. The van der Waals surface area contributed by atoms with Crippen LogP contribution in [0.4, 0.5) is 0 Å². The van der Waals surface area contributed by atoms with Crippen LogP contribution < -0.4 is 0 Å². The van der Waals surface area contributed by atoms with E-state index < -0.39 is 16.8 Å². The number of hydrogen-bond acceptors (Lipinski definition) is 4. The van der Waals surface area contributed by atoms with Crippen LogP contribution in [0.2, 0.25) is 0 Å². The summed E-state index contributed by atoms with van der Waals surface area (Å²) in [5.41, 5.74) is 1.01. The molecule has 1 atom stereocenters. The van der Waals surface area contributed by atoms with Crippen LogP contribution in [0.25, 0.3) is 0 Å². The number of hydrogen-bond donors (Lipinski definition) is 0. The monoisotopic (exact) mass is 330 g/mol. The fourth-order valence-electron chi connectivity index (χ4n) is 1.88. The van der Waals surface area contributed by atoms with E-state index >= 15 is 0 Å². The van der Waals surface area contributed by atoms with Crippen LogP contribution in [0.3, 0.4) is 0 Å². The third-order valence-corrected chi connectivity index (χ3v) is 4.44. The van der Waals surface area contributed by atoms with Gasteiger partial charge in [0, 0.05) is 11.0 Å². The van der Waals surface area contributed by atoms with Crippen molar-refractivity contribution in [3.8, 4) is 0 Å². The lowest BCUT2D eigenvalue weighted by Gasteiger charge is -2.09. The smallest absolute Gasteiger partial charge is 0.331 e. The van der Waals surface area contributed by atoms with Crippen molar-refractivity contribution in [2.45, 2.75) is 11.5 Å². The van der Waals surface area contributed by atoms with Crippen molar-refractivity contribution in [2.75, 3.05) is 13.7 Å². The lowest BCUT2D eigenvalue weighted by atomic mass is 10.2. The van der Waals surface area contributed by atoms with E-state index in [1.807, 2.05) is 36.4 Å². The summed E-state index contributed by atoms with van der Waals surface area (Å²) >= 11 is 0. The average molecular weight is 330 g/mol. The second-order valence-corrected chi connectivity index (χ2v) is 6.23. The van der Waals surface area contributed by atoms with Crippen LogP contribution >= 0.6 is 0 Å². The molecule has 0 N–H and O–H groups in total. The first kappa shape index (κ1) is 17.1. The van der Waals surface area contributed by atoms with Crippen LogP contribution in [-0.2, 0) is 31.7 Å². The Morgan fingerprint density at radius 3 is 2.26 bits per heavy atom. The quantitative estimate of drug-likeness (QED) is 0.578. The van der Waals surface area contributed by atoms with E-state index in [1.165, 1.54) is 13.2 Å². The Kier molecular flexibility index (Phi) is 6.72. The molecular formula is C18H18O4S. The van der Waals surface area contributed by atoms with E-state index in [2.05, 4.69) is 4.74 Å². The molecular weight excluding hydrogens is 312 g/mol. The molecule has 0 amide bonds. The van der Waals surface area contributed by atoms with Gasteiger partial charge in [-0.15, -0.1) is 0 Å². The van der Waals surface area contributed by atoms with Crippen molar-refractivity contribution < 1.29 is 18.5 Å². The van der Waals surface area contributed by atoms with E-state index in [9.17, 15) is 9.00 Å². The zero-order valence-corrected chi connectivity index (χ0v) is 13.6. The van der Waals surface area contributed by atoms with Crippen molar-refractivity contribution >= 4 is 16.8 Å². The van der Waals surface area contributed by atoms with Crippen molar-refractivity contribution in [3.05, 3.63) is 77.2 Å². The van der Waals surface area contributed by atoms with Crippen LogP contribution in [0.5, 0.6) is 0 Å². The lowest BCUT2D eigenvalue weighted by molar-refractivity contribution is -0.134. The highest BCUT2D eigenvalue weighted by atomic mass is 32.2. The Bertz CT molecular complexity index is 681. The maximum Gasteiger partial charge on any atom is 0.331 e. The van der Waals surface area contributed by atoms with Crippen LogP contribution in [0, 0.1) is 0 Å². The summed E-state index contributed by atoms with van der Waals surface area (Å²) in [6.07, 6.45) is 1.23. The predicted molar refractivity (Wildman–Crippen MR) is 89.0 cm³/mol. The van der Waals surface area contributed by atoms with Gasteiger partial charge in [0.2, 0.25) is 0 Å². The molecule has 0 heterocycles. The molecule has 0 fully saturated rings. The molecule has 4 nitrogen and oxygen atoms in total. The number of carbonyl (C=O) groups is 1. The summed E-state index contributed by atoms with van der Waals surface area (Å²) < 4.78 is 22.8. The number of esters is 1. The van der Waals surface area contributed by atoms with Gasteiger partial charge in [0.25, 0.3) is 0 Å². The number of rotatable bonds is 7. The summed E-state index contributed by atoms with van der Waals surface area (Å²) in [5, 5.41) is 0. The van der Waals surface area contributed by atoms with E-state index in [1.54, 1.807) is 24.3 Å². The fraction of sp³-hybridized carbons (Fsp3) is 0.167. The summed E-state index contributed by atoms with van der Waals surface area (Å²) in [4.78, 5) is 12.5. The molecule has 23 heavy (non-hydrogen) atoms. The summed E-state index contributed by atoms with van der Waals surface area (Å²) in [5.74, 6) is -0.549. The van der Waals surface area contributed by atoms with Crippen molar-refractivity contribution in [1.29, 1.82) is 0 Å². The molecule has 120 valence electrons. The van der Waals surface area contributed by atoms with Gasteiger partial charge in [-0.2, -0.15) is 0 Å². The molecule has 5 heteroatoms. The molecule has 0 aliphatic carbocycles. The Hall–Kier alpha value is -2.24. The van der Waals surface area contributed by atoms with Crippen LogP contribution in [-0.4, -0.2) is 23.9 Å². The highest BCUT2D eigenvalue weighted by Crippen LogP contribution is 2.15. The number of benzene rings is 2. The zero-order chi connectivity index (χ0) is 16.5. The number of carbonyl (C=O) groups excluding carboxylic acids is 1. The first-order valence-corrected chi connectivity index (χ1v) is 8.22. The average Bonchev–Trinajstić information content (AvgIpc) is 2.61. The highest BCUT2D eigenvalue weighted by molar-refractivity contribution is 7.89. The first-order valence-electron chi connectivity index (χ1n) is 7.07. The van der Waals surface area contributed by atoms with Gasteiger partial charge in [-0.25, -0.2) is 9.00 Å². The normalized spacial score (nSPS) is 12.7. The number of methoxy groups -OCH3 is 1. The SMILES string of the molecule is COC(=O)/C=C(\COCc1ccccc1)S(=O)c1ccccc1. The lowest BCUT2D eigenvalue weighted by Crippen LogP contribution is -2.08. The second-order valence-electron chi connectivity index (χ2n) is 4.69. The van der Waals surface area contributed by atoms with E-state index in [0.29, 0.717) is 16.4 Å². The molecule has 1 unspecified atom stereocenters. The van der Waals surface area contributed by atoms with E-state index in [-0.39, 0.29) is 6.61 Å². The Balaban J connectivity index is 2.07. The minimum Gasteiger partial charge on any atom is -0.466 e. The maximum absolute atomic E-state index is 12.6. The van der Waals surface area contributed by atoms with Gasteiger partial charge in [-0.3, -0.25) is 0 Å². The van der Waals surface area contributed by atoms with Gasteiger partial charge in [-0.05, 0) is 17.7 Å². The fourth-order valence-corrected chi connectivity index (χ4v) is 2.98. The van der Waals surface area contributed by atoms with E-state index in [4.69, 9.17) is 4.74 Å². The van der Waals surface area contributed by atoms with Gasteiger partial charge in [0.05, 0.1) is 36.0 Å². The highest BCUT2D eigenvalue weighted by Gasteiger charge is 2.13. The molecule has 2 aromatic rings. The maximum atomic E-state index is 12.6. The minimum atomic E-state index is -1.47. The van der Waals surface area contributed by atoms with Gasteiger partial charge >= 0.3 is 5.97 Å². The molecule has 0 saturated heterocycles. The molecule has 0 aromatic heterocycles. The van der Waals surface area contributed by atoms with Crippen molar-refractivity contribution in [2.24, 2.45) is 0 Å². The molecule has 0 radical (unpaired) electrons. The number of ether oxygens (including phenoxy) is 2. The van der Waals surface area contributed by atoms with Crippen molar-refractivity contribution in [1.82, 2.24) is 0 Å². The summed E-state index contributed by atoms with van der Waals surface area (Å²) in [7, 11) is -0.182.